The molecule has 1 aromatic rings. The zero-order valence-corrected chi connectivity index (χ0v) is 15.0. The largest absolute Gasteiger partial charge is 0.336 e. The molecule has 0 spiro atoms. The lowest BCUT2D eigenvalue weighted by Gasteiger charge is -2.25. The minimum absolute atomic E-state index is 0.155. The summed E-state index contributed by atoms with van der Waals surface area (Å²) in [5.74, 6) is 0.829. The fourth-order valence-electron chi connectivity index (χ4n) is 2.53. The summed E-state index contributed by atoms with van der Waals surface area (Å²) in [6, 6.07) is 6.22. The van der Waals surface area contributed by atoms with Crippen molar-refractivity contribution in [1.29, 1.82) is 0 Å². The van der Waals surface area contributed by atoms with Crippen molar-refractivity contribution in [3.05, 3.63) is 31.8 Å². The van der Waals surface area contributed by atoms with Crippen molar-refractivity contribution in [3.63, 3.8) is 0 Å². The van der Waals surface area contributed by atoms with Crippen LogP contribution in [-0.2, 0) is 0 Å². The standard InChI is InChI=1S/C14H16BrClINO/c15-10-5-6-13(17)12(9-10)14(19)18-8-2-4-11(18)3-1-7-16/h5-6,9,11H,1-4,7-8H2. The highest BCUT2D eigenvalue weighted by molar-refractivity contribution is 14.1. The van der Waals surface area contributed by atoms with Gasteiger partial charge in [-0.05, 0) is 66.5 Å². The van der Waals surface area contributed by atoms with E-state index in [1.807, 2.05) is 23.1 Å². The maximum absolute atomic E-state index is 12.7. The lowest BCUT2D eigenvalue weighted by molar-refractivity contribution is 0.0729. The van der Waals surface area contributed by atoms with Crippen molar-refractivity contribution in [2.45, 2.75) is 31.7 Å². The van der Waals surface area contributed by atoms with Crippen LogP contribution in [0.1, 0.15) is 36.0 Å². The molecule has 0 aliphatic carbocycles. The topological polar surface area (TPSA) is 20.3 Å². The van der Waals surface area contributed by atoms with E-state index >= 15 is 0 Å². The van der Waals surface area contributed by atoms with Gasteiger partial charge in [-0.25, -0.2) is 0 Å². The lowest BCUT2D eigenvalue weighted by Crippen LogP contribution is -2.36. The van der Waals surface area contributed by atoms with Crippen LogP contribution in [-0.4, -0.2) is 29.3 Å². The molecule has 1 atom stereocenters. The van der Waals surface area contributed by atoms with Crippen LogP contribution in [0.3, 0.4) is 0 Å². The Hall–Kier alpha value is 0.190. The van der Waals surface area contributed by atoms with Gasteiger partial charge in [0.2, 0.25) is 0 Å². The van der Waals surface area contributed by atoms with Gasteiger partial charge in [0, 0.05) is 26.5 Å². The molecule has 0 bridgehead atoms. The fourth-order valence-corrected chi connectivity index (χ4v) is 3.61. The van der Waals surface area contributed by atoms with Gasteiger partial charge < -0.3 is 4.90 Å². The molecule has 1 aliphatic heterocycles. The molecule has 1 aromatic carbocycles. The second kappa shape index (κ2) is 7.27. The van der Waals surface area contributed by atoms with Gasteiger partial charge in [-0.15, -0.1) is 11.6 Å². The molecule has 104 valence electrons. The molecule has 1 aliphatic rings. The van der Waals surface area contributed by atoms with Crippen molar-refractivity contribution >= 4 is 56.0 Å². The van der Waals surface area contributed by atoms with Gasteiger partial charge in [0.1, 0.15) is 0 Å². The lowest BCUT2D eigenvalue weighted by atomic mass is 10.1. The first kappa shape index (κ1) is 15.6. The van der Waals surface area contributed by atoms with Crippen LogP contribution >= 0.6 is 50.1 Å². The molecule has 2 nitrogen and oxygen atoms in total. The van der Waals surface area contributed by atoms with Gasteiger partial charge in [-0.1, -0.05) is 15.9 Å². The van der Waals surface area contributed by atoms with Gasteiger partial charge in [0.05, 0.1) is 5.56 Å². The molecule has 1 fully saturated rings. The van der Waals surface area contributed by atoms with Crippen molar-refractivity contribution in [1.82, 2.24) is 4.90 Å². The minimum Gasteiger partial charge on any atom is -0.336 e. The number of likely N-dealkylation sites (tertiary alicyclic amines) is 1. The Balaban J connectivity index is 2.16. The molecule has 0 N–H and O–H groups in total. The number of hydrogen-bond acceptors (Lipinski definition) is 1. The molecule has 0 aromatic heterocycles. The van der Waals surface area contributed by atoms with Crippen molar-refractivity contribution in [2.24, 2.45) is 0 Å². The minimum atomic E-state index is 0.155. The Kier molecular flexibility index (Phi) is 5.96. The van der Waals surface area contributed by atoms with Crippen LogP contribution in [0.4, 0.5) is 0 Å². The van der Waals surface area contributed by atoms with E-state index in [0.29, 0.717) is 11.9 Å². The Morgan fingerprint density at radius 1 is 1.53 bits per heavy atom. The predicted molar refractivity (Wildman–Crippen MR) is 90.9 cm³/mol. The third kappa shape index (κ3) is 3.85. The van der Waals surface area contributed by atoms with E-state index in [1.165, 1.54) is 0 Å². The molecular formula is C14H16BrClINO. The second-order valence-corrected chi connectivity index (χ2v) is 7.21. The summed E-state index contributed by atoms with van der Waals surface area (Å²) in [5.41, 5.74) is 0.799. The Bertz CT molecular complexity index is 469. The van der Waals surface area contributed by atoms with E-state index in [0.717, 1.165) is 45.8 Å². The molecule has 1 heterocycles. The Morgan fingerprint density at radius 2 is 2.32 bits per heavy atom. The van der Waals surface area contributed by atoms with E-state index in [2.05, 4.69) is 38.5 Å². The summed E-state index contributed by atoms with van der Waals surface area (Å²) in [7, 11) is 0. The predicted octanol–water partition coefficient (Wildman–Crippen LogP) is 4.68. The first-order valence-electron chi connectivity index (χ1n) is 6.45. The number of carbonyl (C=O) groups excluding carboxylic acids is 1. The maximum atomic E-state index is 12.7. The van der Waals surface area contributed by atoms with E-state index in [1.54, 1.807) is 0 Å². The van der Waals surface area contributed by atoms with E-state index in [4.69, 9.17) is 11.6 Å². The highest BCUT2D eigenvalue weighted by Gasteiger charge is 2.29. The van der Waals surface area contributed by atoms with Gasteiger partial charge in [-0.2, -0.15) is 0 Å². The van der Waals surface area contributed by atoms with Crippen molar-refractivity contribution < 1.29 is 4.79 Å². The van der Waals surface area contributed by atoms with Gasteiger partial charge in [-0.3, -0.25) is 4.79 Å². The highest BCUT2D eigenvalue weighted by Crippen LogP contribution is 2.26. The third-order valence-electron chi connectivity index (χ3n) is 3.47. The average Bonchev–Trinajstić information content (AvgIpc) is 2.86. The number of alkyl halides is 1. The van der Waals surface area contributed by atoms with E-state index < -0.39 is 0 Å². The number of carbonyl (C=O) groups is 1. The maximum Gasteiger partial charge on any atom is 0.255 e. The first-order chi connectivity index (χ1) is 9.13. The summed E-state index contributed by atoms with van der Waals surface area (Å²) in [4.78, 5) is 14.7. The summed E-state index contributed by atoms with van der Waals surface area (Å²) >= 11 is 11.4. The molecule has 1 amide bonds. The summed E-state index contributed by atoms with van der Waals surface area (Å²) in [6.07, 6.45) is 4.20. The average molecular weight is 457 g/mol. The van der Waals surface area contributed by atoms with E-state index in [-0.39, 0.29) is 5.91 Å². The summed E-state index contributed by atoms with van der Waals surface area (Å²) in [5, 5.41) is 0. The molecular weight excluding hydrogens is 440 g/mol. The van der Waals surface area contributed by atoms with Crippen LogP contribution in [0, 0.1) is 3.57 Å². The molecule has 0 saturated carbocycles. The highest BCUT2D eigenvalue weighted by atomic mass is 127. The zero-order chi connectivity index (χ0) is 13.8. The summed E-state index contributed by atoms with van der Waals surface area (Å²) in [6.45, 7) is 0.869. The van der Waals surface area contributed by atoms with Gasteiger partial charge >= 0.3 is 0 Å². The number of hydrogen-bond donors (Lipinski definition) is 0. The van der Waals surface area contributed by atoms with Gasteiger partial charge in [0.15, 0.2) is 0 Å². The van der Waals surface area contributed by atoms with Crippen molar-refractivity contribution in [3.8, 4) is 0 Å². The normalized spacial score (nSPS) is 18.9. The molecule has 19 heavy (non-hydrogen) atoms. The number of halogens is 3. The molecule has 0 radical (unpaired) electrons. The van der Waals surface area contributed by atoms with Crippen LogP contribution < -0.4 is 0 Å². The smallest absolute Gasteiger partial charge is 0.255 e. The van der Waals surface area contributed by atoms with Crippen LogP contribution in [0.2, 0.25) is 0 Å². The van der Waals surface area contributed by atoms with Crippen LogP contribution in [0.15, 0.2) is 22.7 Å². The SMILES string of the molecule is O=C(c1cc(Br)ccc1I)N1CCCC1CCCCl. The number of nitrogens with zero attached hydrogens (tertiary/aromatic N) is 1. The Labute approximate surface area is 141 Å². The van der Waals surface area contributed by atoms with Crippen molar-refractivity contribution in [2.75, 3.05) is 12.4 Å². The second-order valence-electron chi connectivity index (χ2n) is 4.75. The monoisotopic (exact) mass is 455 g/mol. The molecule has 2 rings (SSSR count). The number of rotatable bonds is 4. The Morgan fingerprint density at radius 3 is 3.05 bits per heavy atom. The first-order valence-corrected chi connectivity index (χ1v) is 8.86. The van der Waals surface area contributed by atoms with Gasteiger partial charge in [0.25, 0.3) is 5.91 Å². The number of benzene rings is 1. The summed E-state index contributed by atoms with van der Waals surface area (Å²) < 4.78 is 1.96. The number of amides is 1. The fraction of sp³-hybridized carbons (Fsp3) is 0.500. The zero-order valence-electron chi connectivity index (χ0n) is 10.5. The van der Waals surface area contributed by atoms with Crippen LogP contribution in [0.5, 0.6) is 0 Å². The molecule has 1 unspecified atom stereocenters. The molecule has 1 saturated heterocycles. The quantitative estimate of drug-likeness (QED) is 0.476. The molecule has 5 heteroatoms. The van der Waals surface area contributed by atoms with E-state index in [9.17, 15) is 4.79 Å². The third-order valence-corrected chi connectivity index (χ3v) is 5.17. The van der Waals surface area contributed by atoms with Crippen LogP contribution in [0.25, 0.3) is 0 Å².